The van der Waals surface area contributed by atoms with E-state index in [1.807, 2.05) is 66.0 Å². The van der Waals surface area contributed by atoms with Crippen LogP contribution in [0.25, 0.3) is 0 Å². The van der Waals surface area contributed by atoms with E-state index in [1.165, 1.54) is 11.3 Å². The standard InChI is InChI=1S/C25H22N2O4S/c28-24(31-16-21-18-32-25(27-21)26-20-9-5-2-6-10-20)17-30-23-13-11-22(12-14-23)29-15-19-7-3-1-4-8-19/h1-14,18H,15-17H2,(H,26,27). The van der Waals surface area contributed by atoms with Gasteiger partial charge in [0.05, 0.1) is 5.69 Å². The molecule has 4 rings (SSSR count). The lowest BCUT2D eigenvalue weighted by atomic mass is 10.2. The van der Waals surface area contributed by atoms with Crippen LogP contribution in [-0.4, -0.2) is 17.6 Å². The molecule has 32 heavy (non-hydrogen) atoms. The van der Waals surface area contributed by atoms with Crippen LogP contribution in [0, 0.1) is 0 Å². The van der Waals surface area contributed by atoms with Crippen molar-refractivity contribution in [1.29, 1.82) is 0 Å². The monoisotopic (exact) mass is 446 g/mol. The Morgan fingerprint density at radius 3 is 2.19 bits per heavy atom. The first-order valence-corrected chi connectivity index (χ1v) is 10.9. The van der Waals surface area contributed by atoms with Crippen LogP contribution in [0.4, 0.5) is 10.8 Å². The van der Waals surface area contributed by atoms with Gasteiger partial charge in [-0.15, -0.1) is 11.3 Å². The molecule has 7 heteroatoms. The van der Waals surface area contributed by atoms with Gasteiger partial charge in [-0.25, -0.2) is 9.78 Å². The molecule has 0 atom stereocenters. The number of rotatable bonds is 10. The second-order valence-electron chi connectivity index (χ2n) is 6.83. The summed E-state index contributed by atoms with van der Waals surface area (Å²) in [5, 5.41) is 5.81. The fourth-order valence-corrected chi connectivity index (χ4v) is 3.50. The summed E-state index contributed by atoms with van der Waals surface area (Å²) in [7, 11) is 0. The molecule has 3 aromatic carbocycles. The Labute approximate surface area is 190 Å². The Hall–Kier alpha value is -3.84. The maximum Gasteiger partial charge on any atom is 0.344 e. The van der Waals surface area contributed by atoms with E-state index < -0.39 is 5.97 Å². The van der Waals surface area contributed by atoms with Crippen molar-refractivity contribution in [2.45, 2.75) is 13.2 Å². The van der Waals surface area contributed by atoms with Crippen LogP contribution in [0.2, 0.25) is 0 Å². The molecule has 0 aliphatic heterocycles. The van der Waals surface area contributed by atoms with E-state index in [1.54, 1.807) is 24.3 Å². The van der Waals surface area contributed by atoms with Crippen molar-refractivity contribution in [2.24, 2.45) is 0 Å². The zero-order chi connectivity index (χ0) is 22.0. The molecular weight excluding hydrogens is 424 g/mol. The number of benzene rings is 3. The number of ether oxygens (including phenoxy) is 3. The van der Waals surface area contributed by atoms with Gasteiger partial charge in [0.2, 0.25) is 0 Å². The third kappa shape index (κ3) is 6.58. The normalized spacial score (nSPS) is 10.4. The van der Waals surface area contributed by atoms with Crippen molar-refractivity contribution >= 4 is 28.1 Å². The van der Waals surface area contributed by atoms with E-state index in [4.69, 9.17) is 14.2 Å². The molecule has 162 valence electrons. The Morgan fingerprint density at radius 1 is 0.812 bits per heavy atom. The highest BCUT2D eigenvalue weighted by Gasteiger charge is 2.08. The predicted molar refractivity (Wildman–Crippen MR) is 124 cm³/mol. The lowest BCUT2D eigenvalue weighted by Crippen LogP contribution is -2.14. The minimum atomic E-state index is -0.458. The lowest BCUT2D eigenvalue weighted by molar-refractivity contribution is -0.147. The average molecular weight is 447 g/mol. The molecule has 0 radical (unpaired) electrons. The zero-order valence-electron chi connectivity index (χ0n) is 17.3. The molecule has 0 bridgehead atoms. The summed E-state index contributed by atoms with van der Waals surface area (Å²) in [4.78, 5) is 16.4. The molecule has 4 aromatic rings. The van der Waals surface area contributed by atoms with Crippen LogP contribution in [0.15, 0.2) is 90.3 Å². The quantitative estimate of drug-likeness (QED) is 0.320. The summed E-state index contributed by atoms with van der Waals surface area (Å²) in [6.07, 6.45) is 0. The van der Waals surface area contributed by atoms with Gasteiger partial charge in [0, 0.05) is 11.1 Å². The molecule has 0 saturated heterocycles. The lowest BCUT2D eigenvalue weighted by Gasteiger charge is -2.09. The van der Waals surface area contributed by atoms with Crippen molar-refractivity contribution in [1.82, 2.24) is 4.98 Å². The number of aromatic nitrogens is 1. The van der Waals surface area contributed by atoms with E-state index >= 15 is 0 Å². The van der Waals surface area contributed by atoms with E-state index in [0.717, 1.165) is 22.1 Å². The Bertz CT molecular complexity index is 1120. The summed E-state index contributed by atoms with van der Waals surface area (Å²) in [6.45, 7) is 0.414. The topological polar surface area (TPSA) is 69.7 Å². The second-order valence-corrected chi connectivity index (χ2v) is 7.69. The van der Waals surface area contributed by atoms with Gasteiger partial charge in [-0.3, -0.25) is 0 Å². The average Bonchev–Trinajstić information content (AvgIpc) is 3.29. The van der Waals surface area contributed by atoms with Crippen LogP contribution in [-0.2, 0) is 22.7 Å². The minimum absolute atomic E-state index is 0.0986. The third-order valence-electron chi connectivity index (χ3n) is 4.39. The molecule has 0 unspecified atom stereocenters. The number of para-hydroxylation sites is 1. The van der Waals surface area contributed by atoms with Crippen LogP contribution in [0.5, 0.6) is 11.5 Å². The maximum absolute atomic E-state index is 12.0. The number of carbonyl (C=O) groups is 1. The molecular formula is C25H22N2O4S. The van der Waals surface area contributed by atoms with Gasteiger partial charge in [0.25, 0.3) is 0 Å². The molecule has 0 fully saturated rings. The van der Waals surface area contributed by atoms with Crippen LogP contribution in [0.3, 0.4) is 0 Å². The molecule has 0 saturated carbocycles. The molecule has 0 amide bonds. The zero-order valence-corrected chi connectivity index (χ0v) is 18.1. The number of carbonyl (C=O) groups excluding carboxylic acids is 1. The van der Waals surface area contributed by atoms with E-state index in [2.05, 4.69) is 10.3 Å². The van der Waals surface area contributed by atoms with Crippen LogP contribution < -0.4 is 14.8 Å². The molecule has 1 heterocycles. The van der Waals surface area contributed by atoms with E-state index in [9.17, 15) is 4.79 Å². The second kappa shape index (κ2) is 11.0. The minimum Gasteiger partial charge on any atom is -0.489 e. The summed E-state index contributed by atoms with van der Waals surface area (Å²) < 4.78 is 16.5. The van der Waals surface area contributed by atoms with Gasteiger partial charge in [-0.1, -0.05) is 48.5 Å². The highest BCUT2D eigenvalue weighted by atomic mass is 32.1. The van der Waals surface area contributed by atoms with Crippen molar-refractivity contribution < 1.29 is 19.0 Å². The Balaban J connectivity index is 1.17. The van der Waals surface area contributed by atoms with Gasteiger partial charge in [-0.2, -0.15) is 0 Å². The van der Waals surface area contributed by atoms with E-state index in [-0.39, 0.29) is 13.2 Å². The van der Waals surface area contributed by atoms with Gasteiger partial charge in [-0.05, 0) is 42.0 Å². The number of hydrogen-bond acceptors (Lipinski definition) is 7. The summed E-state index contributed by atoms with van der Waals surface area (Å²) in [5.41, 5.74) is 2.73. The molecule has 0 aliphatic carbocycles. The number of anilines is 2. The van der Waals surface area contributed by atoms with Gasteiger partial charge < -0.3 is 19.5 Å². The fourth-order valence-electron chi connectivity index (χ4n) is 2.79. The SMILES string of the molecule is O=C(COc1ccc(OCc2ccccc2)cc1)OCc1csc(Nc2ccccc2)n1. The van der Waals surface area contributed by atoms with Gasteiger partial charge >= 0.3 is 5.97 Å². The number of nitrogens with zero attached hydrogens (tertiary/aromatic N) is 1. The first kappa shape index (κ1) is 21.4. The summed E-state index contributed by atoms with van der Waals surface area (Å²) in [5.74, 6) is 0.837. The number of thiazole rings is 1. The van der Waals surface area contributed by atoms with Crippen LogP contribution >= 0.6 is 11.3 Å². The largest absolute Gasteiger partial charge is 0.489 e. The Morgan fingerprint density at radius 2 is 1.47 bits per heavy atom. The van der Waals surface area contributed by atoms with Crippen molar-refractivity contribution in [2.75, 3.05) is 11.9 Å². The molecule has 1 aromatic heterocycles. The maximum atomic E-state index is 12.0. The van der Waals surface area contributed by atoms with Crippen molar-refractivity contribution in [3.8, 4) is 11.5 Å². The summed E-state index contributed by atoms with van der Waals surface area (Å²) in [6, 6.07) is 26.8. The number of esters is 1. The van der Waals surface area contributed by atoms with Gasteiger partial charge in [0.15, 0.2) is 11.7 Å². The fraction of sp³-hybridized carbons (Fsp3) is 0.120. The third-order valence-corrected chi connectivity index (χ3v) is 5.19. The highest BCUT2D eigenvalue weighted by Crippen LogP contribution is 2.21. The van der Waals surface area contributed by atoms with Crippen molar-refractivity contribution in [3.05, 3.63) is 102 Å². The number of hydrogen-bond donors (Lipinski definition) is 1. The first-order chi connectivity index (χ1) is 15.7. The molecule has 1 N–H and O–H groups in total. The number of nitrogens with one attached hydrogen (secondary N) is 1. The summed E-state index contributed by atoms with van der Waals surface area (Å²) >= 11 is 1.45. The smallest absolute Gasteiger partial charge is 0.344 e. The van der Waals surface area contributed by atoms with E-state index in [0.29, 0.717) is 18.1 Å². The highest BCUT2D eigenvalue weighted by molar-refractivity contribution is 7.13. The van der Waals surface area contributed by atoms with Gasteiger partial charge in [0.1, 0.15) is 24.7 Å². The predicted octanol–water partition coefficient (Wildman–Crippen LogP) is 5.59. The van der Waals surface area contributed by atoms with Crippen molar-refractivity contribution in [3.63, 3.8) is 0 Å². The van der Waals surface area contributed by atoms with Crippen LogP contribution in [0.1, 0.15) is 11.3 Å². The molecule has 0 spiro atoms. The first-order valence-electron chi connectivity index (χ1n) is 10.1. The Kier molecular flexibility index (Phi) is 7.34. The molecule has 0 aliphatic rings. The molecule has 6 nitrogen and oxygen atoms in total.